The molecule has 0 spiro atoms. The average Bonchev–Trinajstić information content (AvgIpc) is 2.52. The smallest absolute Gasteiger partial charge is 0.159 e. The van der Waals surface area contributed by atoms with Crippen LogP contribution in [0.1, 0.15) is 19.4 Å². The van der Waals surface area contributed by atoms with E-state index in [9.17, 15) is 4.79 Å². The molecule has 0 radical (unpaired) electrons. The first-order chi connectivity index (χ1) is 6.26. The number of carbonyl (C=O) groups excluding carboxylic acids is 1. The number of aryl methyl sites for hydroxylation is 1. The minimum atomic E-state index is 0.123. The predicted molar refractivity (Wildman–Crippen MR) is 51.4 cm³/mol. The van der Waals surface area contributed by atoms with Gasteiger partial charge in [-0.1, -0.05) is 6.08 Å². The second kappa shape index (κ2) is 4.60. The van der Waals surface area contributed by atoms with Gasteiger partial charge in [-0.25, -0.2) is 0 Å². The summed E-state index contributed by atoms with van der Waals surface area (Å²) in [6.45, 7) is 4.70. The summed E-state index contributed by atoms with van der Waals surface area (Å²) in [5.74, 6) is 0.123. The minimum Gasteiger partial charge on any atom is -0.294 e. The average molecular weight is 178 g/mol. The molecule has 0 saturated heterocycles. The van der Waals surface area contributed by atoms with E-state index >= 15 is 0 Å². The molecule has 0 unspecified atom stereocenters. The molecule has 0 aliphatic rings. The van der Waals surface area contributed by atoms with Gasteiger partial charge in [-0.05, 0) is 25.5 Å². The van der Waals surface area contributed by atoms with Gasteiger partial charge in [-0.15, -0.1) is 0 Å². The molecular formula is C10H14N2O. The third-order valence-corrected chi connectivity index (χ3v) is 1.74. The summed E-state index contributed by atoms with van der Waals surface area (Å²) in [7, 11) is 0. The van der Waals surface area contributed by atoms with Crippen molar-refractivity contribution in [3.05, 3.63) is 30.1 Å². The predicted octanol–water partition coefficient (Wildman–Crippen LogP) is 1.59. The summed E-state index contributed by atoms with van der Waals surface area (Å²) in [4.78, 5) is 11.2. The molecule has 0 atom stereocenters. The van der Waals surface area contributed by atoms with Crippen LogP contribution in [-0.2, 0) is 17.8 Å². The highest BCUT2D eigenvalue weighted by Gasteiger charge is 2.01. The topological polar surface area (TPSA) is 34.9 Å². The lowest BCUT2D eigenvalue weighted by atomic mass is 10.2. The Bertz CT molecular complexity index is 312. The van der Waals surface area contributed by atoms with E-state index in [-0.39, 0.29) is 5.78 Å². The van der Waals surface area contributed by atoms with Crippen LogP contribution >= 0.6 is 0 Å². The van der Waals surface area contributed by atoms with Gasteiger partial charge in [0.1, 0.15) is 0 Å². The number of aromatic nitrogens is 2. The maximum absolute atomic E-state index is 11.2. The Morgan fingerprint density at radius 2 is 2.46 bits per heavy atom. The summed E-state index contributed by atoms with van der Waals surface area (Å²) in [5, 5.41) is 4.09. The van der Waals surface area contributed by atoms with Crippen LogP contribution in [0.25, 0.3) is 0 Å². The number of hydrogen-bond acceptors (Lipinski definition) is 2. The molecule has 1 aromatic heterocycles. The molecule has 3 heteroatoms. The largest absolute Gasteiger partial charge is 0.294 e. The van der Waals surface area contributed by atoms with Crippen LogP contribution in [0.5, 0.6) is 0 Å². The highest BCUT2D eigenvalue weighted by atomic mass is 16.1. The second-order valence-electron chi connectivity index (χ2n) is 2.85. The summed E-state index contributed by atoms with van der Waals surface area (Å²) < 4.78 is 1.82. The zero-order valence-electron chi connectivity index (χ0n) is 8.03. The Balaban J connectivity index is 2.58. The van der Waals surface area contributed by atoms with Crippen LogP contribution in [0.2, 0.25) is 0 Å². The lowest BCUT2D eigenvalue weighted by molar-refractivity contribution is -0.114. The standard InChI is InChI=1S/C10H14N2O/c1-3-5-10(13)6-9-7-11-12(4-2)8-9/h3,5,7-8H,4,6H2,1-2H3/b5-3+. The van der Waals surface area contributed by atoms with Gasteiger partial charge >= 0.3 is 0 Å². The van der Waals surface area contributed by atoms with E-state index in [0.717, 1.165) is 12.1 Å². The van der Waals surface area contributed by atoms with Crippen molar-refractivity contribution in [2.75, 3.05) is 0 Å². The van der Waals surface area contributed by atoms with Crippen LogP contribution in [0, 0.1) is 0 Å². The van der Waals surface area contributed by atoms with Crippen molar-refractivity contribution < 1.29 is 4.79 Å². The zero-order chi connectivity index (χ0) is 9.68. The molecule has 70 valence electrons. The molecule has 1 heterocycles. The Morgan fingerprint density at radius 1 is 1.69 bits per heavy atom. The van der Waals surface area contributed by atoms with Crippen LogP contribution in [0.4, 0.5) is 0 Å². The van der Waals surface area contributed by atoms with Crippen LogP contribution in [0.15, 0.2) is 24.5 Å². The van der Waals surface area contributed by atoms with Crippen molar-refractivity contribution in [2.24, 2.45) is 0 Å². The van der Waals surface area contributed by atoms with Crippen LogP contribution < -0.4 is 0 Å². The van der Waals surface area contributed by atoms with Crippen molar-refractivity contribution in [1.29, 1.82) is 0 Å². The SMILES string of the molecule is C/C=C/C(=O)Cc1cnn(CC)c1. The quantitative estimate of drug-likeness (QED) is 0.656. The van der Waals surface area contributed by atoms with Crippen molar-refractivity contribution in [2.45, 2.75) is 26.8 Å². The van der Waals surface area contributed by atoms with Crippen molar-refractivity contribution in [1.82, 2.24) is 9.78 Å². The van der Waals surface area contributed by atoms with Gasteiger partial charge < -0.3 is 0 Å². The first-order valence-electron chi connectivity index (χ1n) is 4.43. The van der Waals surface area contributed by atoms with Gasteiger partial charge in [0, 0.05) is 19.2 Å². The summed E-state index contributed by atoms with van der Waals surface area (Å²) in [6, 6.07) is 0. The lowest BCUT2D eigenvalue weighted by Gasteiger charge is -1.91. The Kier molecular flexibility index (Phi) is 3.43. The third kappa shape index (κ3) is 2.86. The fourth-order valence-corrected chi connectivity index (χ4v) is 1.12. The number of hydrogen-bond donors (Lipinski definition) is 0. The van der Waals surface area contributed by atoms with E-state index in [1.165, 1.54) is 0 Å². The molecule has 1 aromatic rings. The molecule has 0 aliphatic carbocycles. The fourth-order valence-electron chi connectivity index (χ4n) is 1.12. The van der Waals surface area contributed by atoms with E-state index < -0.39 is 0 Å². The monoisotopic (exact) mass is 178 g/mol. The van der Waals surface area contributed by atoms with Crippen LogP contribution in [0.3, 0.4) is 0 Å². The van der Waals surface area contributed by atoms with Crippen molar-refractivity contribution in [3.63, 3.8) is 0 Å². The third-order valence-electron chi connectivity index (χ3n) is 1.74. The second-order valence-corrected chi connectivity index (χ2v) is 2.85. The minimum absolute atomic E-state index is 0.123. The number of carbonyl (C=O) groups is 1. The molecule has 0 aromatic carbocycles. The van der Waals surface area contributed by atoms with Crippen LogP contribution in [-0.4, -0.2) is 15.6 Å². The highest BCUT2D eigenvalue weighted by Crippen LogP contribution is 2.00. The van der Waals surface area contributed by atoms with Gasteiger partial charge in [-0.2, -0.15) is 5.10 Å². The number of nitrogens with zero attached hydrogens (tertiary/aromatic N) is 2. The molecular weight excluding hydrogens is 164 g/mol. The molecule has 13 heavy (non-hydrogen) atoms. The number of allylic oxidation sites excluding steroid dienone is 2. The Hall–Kier alpha value is -1.38. The maximum atomic E-state index is 11.2. The molecule has 0 fully saturated rings. The summed E-state index contributed by atoms with van der Waals surface area (Å²) in [6.07, 6.45) is 7.44. The van der Waals surface area contributed by atoms with Gasteiger partial charge in [0.2, 0.25) is 0 Å². The molecule has 3 nitrogen and oxygen atoms in total. The first-order valence-corrected chi connectivity index (χ1v) is 4.43. The van der Waals surface area contributed by atoms with E-state index in [2.05, 4.69) is 5.10 Å². The molecule has 0 amide bonds. The lowest BCUT2D eigenvalue weighted by Crippen LogP contribution is -1.97. The molecule has 0 aliphatic heterocycles. The normalized spacial score (nSPS) is 10.9. The van der Waals surface area contributed by atoms with E-state index in [4.69, 9.17) is 0 Å². The number of rotatable bonds is 4. The van der Waals surface area contributed by atoms with Gasteiger partial charge in [0.05, 0.1) is 6.20 Å². The molecule has 1 rings (SSSR count). The summed E-state index contributed by atoms with van der Waals surface area (Å²) in [5.41, 5.74) is 0.977. The van der Waals surface area contributed by atoms with E-state index in [1.807, 2.05) is 24.7 Å². The Labute approximate surface area is 78.1 Å². The van der Waals surface area contributed by atoms with E-state index in [0.29, 0.717) is 6.42 Å². The van der Waals surface area contributed by atoms with E-state index in [1.54, 1.807) is 18.3 Å². The van der Waals surface area contributed by atoms with Crippen molar-refractivity contribution >= 4 is 5.78 Å². The Morgan fingerprint density at radius 3 is 3.00 bits per heavy atom. The number of ketones is 1. The van der Waals surface area contributed by atoms with Gasteiger partial charge in [0.15, 0.2) is 5.78 Å². The summed E-state index contributed by atoms with van der Waals surface area (Å²) >= 11 is 0. The fraction of sp³-hybridized carbons (Fsp3) is 0.400. The van der Waals surface area contributed by atoms with Gasteiger partial charge in [-0.3, -0.25) is 9.48 Å². The zero-order valence-corrected chi connectivity index (χ0v) is 8.03. The van der Waals surface area contributed by atoms with Gasteiger partial charge in [0.25, 0.3) is 0 Å². The van der Waals surface area contributed by atoms with Crippen molar-refractivity contribution in [3.8, 4) is 0 Å². The first kappa shape index (κ1) is 9.71. The highest BCUT2D eigenvalue weighted by molar-refractivity contribution is 5.91. The maximum Gasteiger partial charge on any atom is 0.159 e. The molecule has 0 saturated carbocycles. The molecule has 0 bridgehead atoms. The molecule has 0 N–H and O–H groups in total.